The molecule has 0 aliphatic carbocycles. The van der Waals surface area contributed by atoms with Crippen LogP contribution in [0, 0.1) is 0 Å². The Hall–Kier alpha value is -1.33. The van der Waals surface area contributed by atoms with Crippen molar-refractivity contribution in [3.05, 3.63) is 12.2 Å². The van der Waals surface area contributed by atoms with Gasteiger partial charge >= 0.3 is 0 Å². The number of amides is 3. The van der Waals surface area contributed by atoms with Crippen LogP contribution >= 0.6 is 15.9 Å². The minimum absolute atomic E-state index is 0.00277. The van der Waals surface area contributed by atoms with Crippen molar-refractivity contribution in [1.29, 1.82) is 0 Å². The van der Waals surface area contributed by atoms with E-state index >= 15 is 0 Å². The molecule has 3 aliphatic heterocycles. The molecule has 1 atom stereocenters. The lowest BCUT2D eigenvalue weighted by Crippen LogP contribution is -2.63. The Morgan fingerprint density at radius 3 is 1.70 bits per heavy atom. The molecule has 3 amide bonds. The fourth-order valence-electron chi connectivity index (χ4n) is 5.50. The predicted octanol–water partition coefficient (Wildman–Crippen LogP) is 2.84. The standard InChI is InChI=1S/C12H18N2O3.C11H21BrN2O2/c1-11(2)7-8(12(3,4)14(11)17)13-9(15)5-6-10(13)16;1-10(2)5-8(13-9(15)7-12)6-11(3,4)14(10)16/h5-6,8,17H,7H2,1-4H3;8,16H,5-7H2,1-4H3,(H,13,15). The summed E-state index contributed by atoms with van der Waals surface area (Å²) in [6, 6.07) is -0.184. The van der Waals surface area contributed by atoms with E-state index in [-0.39, 0.29) is 40.9 Å². The van der Waals surface area contributed by atoms with Crippen molar-refractivity contribution >= 4 is 33.7 Å². The highest BCUT2D eigenvalue weighted by Crippen LogP contribution is 2.42. The second kappa shape index (κ2) is 9.37. The first-order valence-electron chi connectivity index (χ1n) is 11.3. The number of piperidine rings is 1. The summed E-state index contributed by atoms with van der Waals surface area (Å²) in [4.78, 5) is 36.0. The molecule has 188 valence electrons. The third-order valence-electron chi connectivity index (χ3n) is 6.91. The summed E-state index contributed by atoms with van der Waals surface area (Å²) in [7, 11) is 0. The zero-order valence-corrected chi connectivity index (χ0v) is 22.6. The SMILES string of the molecule is CC1(C)CC(N2C(=O)C=CC2=O)C(C)(C)N1O.CC1(C)CC(NC(=O)CBr)CC(C)(C)N1O. The molecule has 3 aliphatic rings. The second-order valence-electron chi connectivity index (χ2n) is 11.6. The van der Waals surface area contributed by atoms with E-state index in [4.69, 9.17) is 0 Å². The zero-order chi connectivity index (χ0) is 25.6. The number of alkyl halides is 1. The number of nitrogens with one attached hydrogen (secondary N) is 1. The van der Waals surface area contributed by atoms with Crippen LogP contribution in [0.4, 0.5) is 0 Å². The van der Waals surface area contributed by atoms with Gasteiger partial charge in [-0.05, 0) is 74.7 Å². The largest absolute Gasteiger partial charge is 0.353 e. The van der Waals surface area contributed by atoms with Crippen LogP contribution in [-0.4, -0.2) is 82.7 Å². The van der Waals surface area contributed by atoms with Crippen LogP contribution in [0.15, 0.2) is 12.2 Å². The van der Waals surface area contributed by atoms with Gasteiger partial charge in [0, 0.05) is 34.8 Å². The fourth-order valence-corrected chi connectivity index (χ4v) is 5.66. The Kier molecular flexibility index (Phi) is 7.93. The Morgan fingerprint density at radius 2 is 1.33 bits per heavy atom. The zero-order valence-electron chi connectivity index (χ0n) is 21.0. The van der Waals surface area contributed by atoms with Crippen molar-refractivity contribution in [3.8, 4) is 0 Å². The summed E-state index contributed by atoms with van der Waals surface area (Å²) in [5, 5.41) is 26.2. The Labute approximate surface area is 205 Å². The number of halogens is 1. The number of imide groups is 1. The van der Waals surface area contributed by atoms with Gasteiger partial charge in [-0.3, -0.25) is 19.3 Å². The van der Waals surface area contributed by atoms with Crippen molar-refractivity contribution in [3.63, 3.8) is 0 Å². The highest BCUT2D eigenvalue weighted by Gasteiger charge is 2.55. The number of nitrogens with zero attached hydrogens (tertiary/aromatic N) is 3. The Balaban J connectivity index is 0.000000234. The van der Waals surface area contributed by atoms with Crippen LogP contribution in [-0.2, 0) is 14.4 Å². The molecule has 0 saturated carbocycles. The molecular formula is C23H39BrN4O5. The quantitative estimate of drug-likeness (QED) is 0.379. The number of carbonyl (C=O) groups excluding carboxylic acids is 3. The number of hydrogen-bond acceptors (Lipinski definition) is 7. The smallest absolute Gasteiger partial charge is 0.253 e. The van der Waals surface area contributed by atoms with Crippen molar-refractivity contribution < 1.29 is 24.8 Å². The van der Waals surface area contributed by atoms with E-state index in [1.165, 1.54) is 27.2 Å². The highest BCUT2D eigenvalue weighted by atomic mass is 79.9. The van der Waals surface area contributed by atoms with Gasteiger partial charge in [-0.25, -0.2) is 0 Å². The number of hydrogen-bond donors (Lipinski definition) is 3. The summed E-state index contributed by atoms with van der Waals surface area (Å²) in [5.74, 6) is -0.582. The van der Waals surface area contributed by atoms with Gasteiger partial charge in [-0.2, -0.15) is 10.1 Å². The molecule has 3 rings (SSSR count). The first-order chi connectivity index (χ1) is 14.9. The molecule has 10 heteroatoms. The van der Waals surface area contributed by atoms with Gasteiger partial charge < -0.3 is 15.7 Å². The third-order valence-corrected chi connectivity index (χ3v) is 7.42. The van der Waals surface area contributed by atoms with Gasteiger partial charge in [0.1, 0.15) is 0 Å². The first-order valence-corrected chi connectivity index (χ1v) is 12.4. The molecule has 0 spiro atoms. The summed E-state index contributed by atoms with van der Waals surface area (Å²) in [6.45, 7) is 15.4. The van der Waals surface area contributed by atoms with E-state index in [2.05, 4.69) is 21.2 Å². The van der Waals surface area contributed by atoms with Crippen LogP contribution in [0.5, 0.6) is 0 Å². The Morgan fingerprint density at radius 1 is 0.909 bits per heavy atom. The van der Waals surface area contributed by atoms with E-state index in [1.54, 1.807) is 0 Å². The van der Waals surface area contributed by atoms with Crippen LogP contribution in [0.2, 0.25) is 0 Å². The van der Waals surface area contributed by atoms with Gasteiger partial charge in [-0.15, -0.1) is 0 Å². The molecule has 0 aromatic heterocycles. The van der Waals surface area contributed by atoms with Gasteiger partial charge in [0.15, 0.2) is 0 Å². The molecule has 0 aromatic carbocycles. The van der Waals surface area contributed by atoms with Crippen molar-refractivity contribution in [2.75, 3.05) is 5.33 Å². The number of carbonyl (C=O) groups is 3. The molecule has 9 nitrogen and oxygen atoms in total. The number of rotatable bonds is 3. The third kappa shape index (κ3) is 5.67. The van der Waals surface area contributed by atoms with E-state index < -0.39 is 11.1 Å². The van der Waals surface area contributed by atoms with E-state index in [9.17, 15) is 24.8 Å². The van der Waals surface area contributed by atoms with Crippen LogP contribution in [0.25, 0.3) is 0 Å². The van der Waals surface area contributed by atoms with Gasteiger partial charge in [-0.1, -0.05) is 15.9 Å². The van der Waals surface area contributed by atoms with Crippen LogP contribution in [0.3, 0.4) is 0 Å². The van der Waals surface area contributed by atoms with Crippen LogP contribution < -0.4 is 5.32 Å². The van der Waals surface area contributed by atoms with Crippen molar-refractivity contribution in [1.82, 2.24) is 20.3 Å². The molecule has 3 N–H and O–H groups in total. The van der Waals surface area contributed by atoms with Gasteiger partial charge in [0.2, 0.25) is 5.91 Å². The monoisotopic (exact) mass is 530 g/mol. The predicted molar refractivity (Wildman–Crippen MR) is 128 cm³/mol. The molecule has 2 fully saturated rings. The minimum atomic E-state index is -0.638. The molecule has 0 aromatic rings. The maximum Gasteiger partial charge on any atom is 0.253 e. The summed E-state index contributed by atoms with van der Waals surface area (Å²) in [5.41, 5.74) is -1.71. The van der Waals surface area contributed by atoms with E-state index in [0.717, 1.165) is 12.8 Å². The lowest BCUT2D eigenvalue weighted by Gasteiger charge is -2.51. The maximum absolute atomic E-state index is 11.7. The van der Waals surface area contributed by atoms with Gasteiger partial charge in [0.05, 0.1) is 16.9 Å². The first kappa shape index (κ1) is 27.9. The van der Waals surface area contributed by atoms with Crippen molar-refractivity contribution in [2.45, 2.75) is 109 Å². The van der Waals surface area contributed by atoms with Crippen molar-refractivity contribution in [2.24, 2.45) is 0 Å². The summed E-state index contributed by atoms with van der Waals surface area (Å²) < 4.78 is 0. The molecule has 0 radical (unpaired) electrons. The highest BCUT2D eigenvalue weighted by molar-refractivity contribution is 9.09. The average molecular weight is 531 g/mol. The van der Waals surface area contributed by atoms with Crippen LogP contribution in [0.1, 0.15) is 74.7 Å². The molecule has 1 unspecified atom stereocenters. The molecular weight excluding hydrogens is 492 g/mol. The molecule has 33 heavy (non-hydrogen) atoms. The topological polar surface area (TPSA) is 113 Å². The lowest BCUT2D eigenvalue weighted by atomic mass is 9.79. The van der Waals surface area contributed by atoms with Gasteiger partial charge in [0.25, 0.3) is 11.8 Å². The average Bonchev–Trinajstić information content (AvgIpc) is 3.08. The lowest BCUT2D eigenvalue weighted by molar-refractivity contribution is -0.246. The summed E-state index contributed by atoms with van der Waals surface area (Å²) in [6.07, 6.45) is 4.64. The normalized spacial score (nSPS) is 28.6. The molecule has 2 saturated heterocycles. The second-order valence-corrected chi connectivity index (χ2v) is 12.2. The fraction of sp³-hybridized carbons (Fsp3) is 0.783. The molecule has 0 bridgehead atoms. The maximum atomic E-state index is 11.7. The Bertz CT molecular complexity index is 788. The van der Waals surface area contributed by atoms with E-state index in [0.29, 0.717) is 11.8 Å². The number of hydroxylamine groups is 4. The molecule has 3 heterocycles. The van der Waals surface area contributed by atoms with E-state index in [1.807, 2.05) is 55.4 Å². The summed E-state index contributed by atoms with van der Waals surface area (Å²) >= 11 is 3.14. The minimum Gasteiger partial charge on any atom is -0.353 e.